The third kappa shape index (κ3) is 1.97. The van der Waals surface area contributed by atoms with Crippen LogP contribution < -0.4 is 0 Å². The summed E-state index contributed by atoms with van der Waals surface area (Å²) in [5.74, 6) is 0.473. The molecule has 1 saturated carbocycles. The van der Waals surface area contributed by atoms with Gasteiger partial charge in [0.2, 0.25) is 0 Å². The molecule has 1 heteroatoms. The normalized spacial score (nSPS) is 18.4. The molecule has 1 aliphatic rings. The van der Waals surface area contributed by atoms with Gasteiger partial charge in [-0.1, -0.05) is 31.4 Å². The molecule has 0 nitrogen and oxygen atoms in total. The molecule has 0 saturated heterocycles. The van der Waals surface area contributed by atoms with Gasteiger partial charge in [-0.15, -0.1) is 0 Å². The van der Waals surface area contributed by atoms with Crippen LogP contribution in [0.5, 0.6) is 0 Å². The second-order valence-corrected chi connectivity index (χ2v) is 4.36. The minimum absolute atomic E-state index is 0.00287. The predicted molar refractivity (Wildman–Crippen MR) is 57.0 cm³/mol. The summed E-state index contributed by atoms with van der Waals surface area (Å²) in [5, 5.41) is 0. The minimum Gasteiger partial charge on any atom is -0.207 e. The van der Waals surface area contributed by atoms with E-state index in [-0.39, 0.29) is 5.82 Å². The number of hydrogen-bond donors (Lipinski definition) is 0. The molecular weight excluding hydrogens is 175 g/mol. The summed E-state index contributed by atoms with van der Waals surface area (Å²) in [6.07, 6.45) is 6.18. The van der Waals surface area contributed by atoms with Gasteiger partial charge in [0, 0.05) is 0 Å². The highest BCUT2D eigenvalue weighted by Crippen LogP contribution is 2.33. The summed E-state index contributed by atoms with van der Waals surface area (Å²) in [5.41, 5.74) is 1.96. The van der Waals surface area contributed by atoms with Crippen molar-refractivity contribution in [3.05, 3.63) is 35.1 Å². The summed E-state index contributed by atoms with van der Waals surface area (Å²) in [7, 11) is 0. The third-order valence-corrected chi connectivity index (χ3v) is 3.20. The van der Waals surface area contributed by atoms with Crippen LogP contribution in [0.2, 0.25) is 0 Å². The zero-order valence-corrected chi connectivity index (χ0v) is 8.72. The molecule has 0 atom stereocenters. The van der Waals surface area contributed by atoms with Crippen molar-refractivity contribution in [2.24, 2.45) is 0 Å². The highest BCUT2D eigenvalue weighted by molar-refractivity contribution is 5.26. The Bertz CT molecular complexity index is 311. The molecule has 2 rings (SSSR count). The average Bonchev–Trinajstić information content (AvgIpc) is 2.19. The van der Waals surface area contributed by atoms with Crippen molar-refractivity contribution in [2.45, 2.75) is 44.9 Å². The Labute approximate surface area is 85.1 Å². The van der Waals surface area contributed by atoms with Crippen LogP contribution in [0, 0.1) is 12.7 Å². The lowest BCUT2D eigenvalue weighted by molar-refractivity contribution is 0.429. The largest absolute Gasteiger partial charge is 0.207 e. The van der Waals surface area contributed by atoms with E-state index in [1.165, 1.54) is 32.1 Å². The fourth-order valence-corrected chi connectivity index (χ4v) is 2.38. The van der Waals surface area contributed by atoms with Gasteiger partial charge in [0.1, 0.15) is 5.82 Å². The quantitative estimate of drug-likeness (QED) is 0.626. The van der Waals surface area contributed by atoms with Gasteiger partial charge in [-0.05, 0) is 42.9 Å². The van der Waals surface area contributed by atoms with Crippen LogP contribution in [0.3, 0.4) is 0 Å². The lowest BCUT2D eigenvalue weighted by Crippen LogP contribution is -2.06. The maximum absolute atomic E-state index is 13.6. The second kappa shape index (κ2) is 4.12. The molecule has 76 valence electrons. The van der Waals surface area contributed by atoms with Crippen LogP contribution in [0.25, 0.3) is 0 Å². The first kappa shape index (κ1) is 9.70. The highest BCUT2D eigenvalue weighted by Gasteiger charge is 2.18. The maximum atomic E-state index is 13.6. The van der Waals surface area contributed by atoms with Gasteiger partial charge >= 0.3 is 0 Å². The van der Waals surface area contributed by atoms with E-state index in [1.54, 1.807) is 6.07 Å². The summed E-state index contributed by atoms with van der Waals surface area (Å²) >= 11 is 0. The van der Waals surface area contributed by atoms with E-state index in [0.717, 1.165) is 11.1 Å². The van der Waals surface area contributed by atoms with E-state index in [9.17, 15) is 4.39 Å². The highest BCUT2D eigenvalue weighted by atomic mass is 19.1. The molecule has 14 heavy (non-hydrogen) atoms. The zero-order valence-electron chi connectivity index (χ0n) is 8.72. The Kier molecular flexibility index (Phi) is 2.85. The van der Waals surface area contributed by atoms with E-state index >= 15 is 0 Å². The lowest BCUT2D eigenvalue weighted by atomic mass is 9.83. The van der Waals surface area contributed by atoms with Crippen LogP contribution in [0.4, 0.5) is 4.39 Å². The first-order valence-corrected chi connectivity index (χ1v) is 5.53. The molecule has 0 N–H and O–H groups in total. The second-order valence-electron chi connectivity index (χ2n) is 4.36. The molecule has 1 aromatic carbocycles. The average molecular weight is 192 g/mol. The molecule has 0 spiro atoms. The first-order valence-electron chi connectivity index (χ1n) is 5.53. The number of benzene rings is 1. The standard InChI is InChI=1S/C13H17F/c1-10-7-8-12(13(14)9-10)11-5-3-2-4-6-11/h7-9,11H,2-6H2,1H3. The van der Waals surface area contributed by atoms with Crippen LogP contribution in [-0.2, 0) is 0 Å². The van der Waals surface area contributed by atoms with Crippen molar-refractivity contribution in [3.8, 4) is 0 Å². The van der Waals surface area contributed by atoms with Crippen molar-refractivity contribution < 1.29 is 4.39 Å². The molecule has 0 aromatic heterocycles. The molecule has 1 aromatic rings. The molecule has 0 radical (unpaired) electrons. The van der Waals surface area contributed by atoms with Crippen molar-refractivity contribution in [3.63, 3.8) is 0 Å². The molecular formula is C13H17F. The molecule has 1 aliphatic carbocycles. The van der Waals surface area contributed by atoms with Gasteiger partial charge in [-0.3, -0.25) is 0 Å². The summed E-state index contributed by atoms with van der Waals surface area (Å²) in [6, 6.07) is 5.65. The van der Waals surface area contributed by atoms with Gasteiger partial charge in [-0.25, -0.2) is 4.39 Å². The van der Waals surface area contributed by atoms with Crippen molar-refractivity contribution in [1.82, 2.24) is 0 Å². The van der Waals surface area contributed by atoms with Gasteiger partial charge in [0.05, 0.1) is 0 Å². The lowest BCUT2D eigenvalue weighted by Gasteiger charge is -2.22. The minimum atomic E-state index is -0.00287. The fraction of sp³-hybridized carbons (Fsp3) is 0.538. The van der Waals surface area contributed by atoms with E-state index in [0.29, 0.717) is 5.92 Å². The third-order valence-electron chi connectivity index (χ3n) is 3.20. The van der Waals surface area contributed by atoms with Gasteiger partial charge in [0.25, 0.3) is 0 Å². The van der Waals surface area contributed by atoms with E-state index < -0.39 is 0 Å². The number of rotatable bonds is 1. The van der Waals surface area contributed by atoms with Gasteiger partial charge < -0.3 is 0 Å². The van der Waals surface area contributed by atoms with E-state index in [1.807, 2.05) is 19.1 Å². The van der Waals surface area contributed by atoms with Gasteiger partial charge in [0.15, 0.2) is 0 Å². The fourth-order valence-electron chi connectivity index (χ4n) is 2.38. The van der Waals surface area contributed by atoms with E-state index in [2.05, 4.69) is 0 Å². The monoisotopic (exact) mass is 192 g/mol. The molecule has 0 unspecified atom stereocenters. The number of halogens is 1. The Morgan fingerprint density at radius 2 is 1.86 bits per heavy atom. The topological polar surface area (TPSA) is 0 Å². The Balaban J connectivity index is 2.22. The Morgan fingerprint density at radius 3 is 2.50 bits per heavy atom. The van der Waals surface area contributed by atoms with Crippen LogP contribution in [0.1, 0.15) is 49.1 Å². The molecule has 0 heterocycles. The van der Waals surface area contributed by atoms with Crippen LogP contribution in [0.15, 0.2) is 18.2 Å². The molecule has 0 amide bonds. The Morgan fingerprint density at radius 1 is 1.14 bits per heavy atom. The van der Waals surface area contributed by atoms with Crippen LogP contribution >= 0.6 is 0 Å². The molecule has 0 bridgehead atoms. The zero-order chi connectivity index (χ0) is 9.97. The van der Waals surface area contributed by atoms with Gasteiger partial charge in [-0.2, -0.15) is 0 Å². The molecule has 0 aliphatic heterocycles. The number of hydrogen-bond acceptors (Lipinski definition) is 0. The van der Waals surface area contributed by atoms with Crippen molar-refractivity contribution in [1.29, 1.82) is 0 Å². The van der Waals surface area contributed by atoms with Crippen LogP contribution in [-0.4, -0.2) is 0 Å². The maximum Gasteiger partial charge on any atom is 0.126 e. The Hall–Kier alpha value is -0.850. The first-order chi connectivity index (χ1) is 6.77. The summed E-state index contributed by atoms with van der Waals surface area (Å²) < 4.78 is 13.6. The predicted octanol–water partition coefficient (Wildman–Crippen LogP) is 4.18. The number of aryl methyl sites for hydroxylation is 1. The van der Waals surface area contributed by atoms with Crippen molar-refractivity contribution >= 4 is 0 Å². The smallest absolute Gasteiger partial charge is 0.126 e. The summed E-state index contributed by atoms with van der Waals surface area (Å²) in [4.78, 5) is 0. The molecule has 1 fully saturated rings. The van der Waals surface area contributed by atoms with Crippen molar-refractivity contribution in [2.75, 3.05) is 0 Å². The summed E-state index contributed by atoms with van der Waals surface area (Å²) in [6.45, 7) is 1.94. The SMILES string of the molecule is Cc1ccc(C2CCCCC2)c(F)c1. The van der Waals surface area contributed by atoms with E-state index in [4.69, 9.17) is 0 Å².